The molecule has 1 aromatic rings. The summed E-state index contributed by atoms with van der Waals surface area (Å²) in [5, 5.41) is 0. The topological polar surface area (TPSA) is 23.6 Å². The molecular weight excluding hydrogens is 255 g/mol. The average molecular weight is 278 g/mol. The first kappa shape index (κ1) is 15.0. The van der Waals surface area contributed by atoms with Gasteiger partial charge in [0.2, 0.25) is 5.91 Å². The number of benzene rings is 1. The summed E-state index contributed by atoms with van der Waals surface area (Å²) in [5.74, 6) is 0.117. The van der Waals surface area contributed by atoms with Gasteiger partial charge in [-0.1, -0.05) is 31.5 Å². The van der Waals surface area contributed by atoms with Crippen LogP contribution in [0, 0.1) is 5.82 Å². The first-order chi connectivity index (χ1) is 9.70. The molecule has 2 rings (SSSR count). The minimum atomic E-state index is -0.144. The molecule has 0 unspecified atom stereocenters. The molecule has 1 aliphatic rings. The molecule has 0 saturated carbocycles. The van der Waals surface area contributed by atoms with E-state index in [1.165, 1.54) is 6.07 Å². The number of halogens is 1. The second-order valence-corrected chi connectivity index (χ2v) is 5.35. The lowest BCUT2D eigenvalue weighted by Gasteiger charge is -2.34. The summed E-state index contributed by atoms with van der Waals surface area (Å²) in [4.78, 5) is 16.1. The van der Waals surface area contributed by atoms with E-state index in [9.17, 15) is 9.18 Å². The second kappa shape index (κ2) is 7.39. The van der Waals surface area contributed by atoms with Gasteiger partial charge in [0.05, 0.1) is 0 Å². The molecule has 1 fully saturated rings. The third-order valence-corrected chi connectivity index (χ3v) is 3.82. The zero-order valence-electron chi connectivity index (χ0n) is 12.1. The smallest absolute Gasteiger partial charge is 0.222 e. The maximum atomic E-state index is 13.6. The normalized spacial score (nSPS) is 16.4. The Morgan fingerprint density at radius 2 is 1.90 bits per heavy atom. The molecule has 0 bridgehead atoms. The van der Waals surface area contributed by atoms with Gasteiger partial charge in [-0.3, -0.25) is 9.69 Å². The van der Waals surface area contributed by atoms with Gasteiger partial charge < -0.3 is 4.90 Å². The number of amides is 1. The van der Waals surface area contributed by atoms with Gasteiger partial charge in [0.15, 0.2) is 0 Å². The molecule has 110 valence electrons. The third-order valence-electron chi connectivity index (χ3n) is 3.82. The predicted octanol–water partition coefficient (Wildman–Crippen LogP) is 2.66. The van der Waals surface area contributed by atoms with Gasteiger partial charge >= 0.3 is 0 Å². The van der Waals surface area contributed by atoms with E-state index < -0.39 is 0 Å². The van der Waals surface area contributed by atoms with E-state index in [2.05, 4.69) is 11.8 Å². The number of carbonyl (C=O) groups is 1. The van der Waals surface area contributed by atoms with Crippen molar-refractivity contribution in [3.05, 3.63) is 35.6 Å². The summed E-state index contributed by atoms with van der Waals surface area (Å²) in [6.07, 6.45) is 2.68. The van der Waals surface area contributed by atoms with Crippen molar-refractivity contribution < 1.29 is 9.18 Å². The first-order valence-electron chi connectivity index (χ1n) is 7.44. The van der Waals surface area contributed by atoms with Gasteiger partial charge in [-0.25, -0.2) is 4.39 Å². The Bertz CT molecular complexity index is 442. The van der Waals surface area contributed by atoms with Gasteiger partial charge in [-0.15, -0.1) is 0 Å². The third kappa shape index (κ3) is 4.04. The van der Waals surface area contributed by atoms with Crippen LogP contribution in [0.3, 0.4) is 0 Å². The number of rotatable bonds is 5. The lowest BCUT2D eigenvalue weighted by Crippen LogP contribution is -2.48. The number of hydrogen-bond donors (Lipinski definition) is 0. The van der Waals surface area contributed by atoms with E-state index in [1.54, 1.807) is 6.07 Å². The molecule has 0 N–H and O–H groups in total. The highest BCUT2D eigenvalue weighted by molar-refractivity contribution is 5.76. The Balaban J connectivity index is 1.80. The van der Waals surface area contributed by atoms with Crippen LogP contribution in [0.4, 0.5) is 4.39 Å². The van der Waals surface area contributed by atoms with Gasteiger partial charge in [-0.2, -0.15) is 0 Å². The van der Waals surface area contributed by atoms with Gasteiger partial charge in [0.1, 0.15) is 5.82 Å². The predicted molar refractivity (Wildman–Crippen MR) is 77.8 cm³/mol. The van der Waals surface area contributed by atoms with E-state index >= 15 is 0 Å². The molecule has 0 aliphatic carbocycles. The van der Waals surface area contributed by atoms with Crippen molar-refractivity contribution in [2.24, 2.45) is 0 Å². The van der Waals surface area contributed by atoms with Crippen LogP contribution in [-0.4, -0.2) is 41.9 Å². The number of hydrogen-bond acceptors (Lipinski definition) is 2. The largest absolute Gasteiger partial charge is 0.340 e. The van der Waals surface area contributed by atoms with Crippen LogP contribution in [-0.2, 0) is 11.3 Å². The van der Waals surface area contributed by atoms with Crippen molar-refractivity contribution >= 4 is 5.91 Å². The molecule has 0 spiro atoms. The van der Waals surface area contributed by atoms with Crippen LogP contribution in [0.1, 0.15) is 31.7 Å². The molecule has 0 atom stereocenters. The van der Waals surface area contributed by atoms with E-state index in [0.29, 0.717) is 13.0 Å². The molecular formula is C16H23FN2O. The van der Waals surface area contributed by atoms with Crippen LogP contribution in [0.15, 0.2) is 24.3 Å². The maximum absolute atomic E-state index is 13.6. The Morgan fingerprint density at radius 3 is 2.55 bits per heavy atom. The average Bonchev–Trinajstić information content (AvgIpc) is 2.48. The van der Waals surface area contributed by atoms with Crippen molar-refractivity contribution in [2.75, 3.05) is 26.2 Å². The van der Waals surface area contributed by atoms with Gasteiger partial charge in [0, 0.05) is 44.7 Å². The van der Waals surface area contributed by atoms with Gasteiger partial charge in [-0.05, 0) is 12.5 Å². The number of carbonyl (C=O) groups excluding carboxylic acids is 1. The number of unbranched alkanes of at least 4 members (excludes halogenated alkanes) is 1. The van der Waals surface area contributed by atoms with Crippen molar-refractivity contribution in [1.82, 2.24) is 9.80 Å². The minimum absolute atomic E-state index is 0.144. The zero-order chi connectivity index (χ0) is 14.4. The van der Waals surface area contributed by atoms with Crippen LogP contribution in [0.25, 0.3) is 0 Å². The number of nitrogens with zero attached hydrogens (tertiary/aromatic N) is 2. The maximum Gasteiger partial charge on any atom is 0.222 e. The van der Waals surface area contributed by atoms with Crippen molar-refractivity contribution in [2.45, 2.75) is 32.7 Å². The van der Waals surface area contributed by atoms with Crippen LogP contribution < -0.4 is 0 Å². The summed E-state index contributed by atoms with van der Waals surface area (Å²) in [5.41, 5.74) is 0.734. The molecule has 1 amide bonds. The zero-order valence-corrected chi connectivity index (χ0v) is 12.1. The summed E-state index contributed by atoms with van der Waals surface area (Å²) in [6, 6.07) is 6.90. The quantitative estimate of drug-likeness (QED) is 0.826. The molecule has 0 radical (unpaired) electrons. The lowest BCUT2D eigenvalue weighted by atomic mass is 10.1. The van der Waals surface area contributed by atoms with Crippen LogP contribution in [0.5, 0.6) is 0 Å². The Kier molecular flexibility index (Phi) is 5.53. The van der Waals surface area contributed by atoms with Crippen LogP contribution in [0.2, 0.25) is 0 Å². The summed E-state index contributed by atoms with van der Waals surface area (Å²) < 4.78 is 13.6. The summed E-state index contributed by atoms with van der Waals surface area (Å²) in [7, 11) is 0. The fourth-order valence-corrected chi connectivity index (χ4v) is 2.51. The fourth-order valence-electron chi connectivity index (χ4n) is 2.51. The van der Waals surface area contributed by atoms with Crippen LogP contribution >= 0.6 is 0 Å². The first-order valence-corrected chi connectivity index (χ1v) is 7.44. The Morgan fingerprint density at radius 1 is 1.20 bits per heavy atom. The highest BCUT2D eigenvalue weighted by Gasteiger charge is 2.21. The van der Waals surface area contributed by atoms with Crippen molar-refractivity contribution in [3.63, 3.8) is 0 Å². The summed E-state index contributed by atoms with van der Waals surface area (Å²) >= 11 is 0. The molecule has 4 heteroatoms. The molecule has 1 aromatic carbocycles. The van der Waals surface area contributed by atoms with Gasteiger partial charge in [0.25, 0.3) is 0 Å². The monoisotopic (exact) mass is 278 g/mol. The minimum Gasteiger partial charge on any atom is -0.340 e. The second-order valence-electron chi connectivity index (χ2n) is 5.35. The standard InChI is InChI=1S/C16H23FN2O/c1-2-3-8-16(20)19-11-9-18(10-12-19)13-14-6-4-5-7-15(14)17/h4-7H,2-3,8-13H2,1H3. The van der Waals surface area contributed by atoms with Crippen molar-refractivity contribution in [3.8, 4) is 0 Å². The summed E-state index contributed by atoms with van der Waals surface area (Å²) in [6.45, 7) is 5.90. The Labute approximate surface area is 120 Å². The molecule has 0 aromatic heterocycles. The molecule has 3 nitrogen and oxygen atoms in total. The van der Waals surface area contributed by atoms with E-state index in [4.69, 9.17) is 0 Å². The highest BCUT2D eigenvalue weighted by Crippen LogP contribution is 2.12. The molecule has 20 heavy (non-hydrogen) atoms. The molecule has 1 heterocycles. The highest BCUT2D eigenvalue weighted by atomic mass is 19.1. The fraction of sp³-hybridized carbons (Fsp3) is 0.562. The Hall–Kier alpha value is -1.42. The van der Waals surface area contributed by atoms with E-state index in [-0.39, 0.29) is 11.7 Å². The SMILES string of the molecule is CCCCC(=O)N1CCN(Cc2ccccc2F)CC1. The molecule has 1 aliphatic heterocycles. The van der Waals surface area contributed by atoms with E-state index in [1.807, 2.05) is 17.0 Å². The van der Waals surface area contributed by atoms with Crippen molar-refractivity contribution in [1.29, 1.82) is 0 Å². The molecule has 1 saturated heterocycles. The number of piperazine rings is 1. The van der Waals surface area contributed by atoms with E-state index in [0.717, 1.165) is 44.6 Å². The lowest BCUT2D eigenvalue weighted by molar-refractivity contribution is -0.133.